The summed E-state index contributed by atoms with van der Waals surface area (Å²) in [5.41, 5.74) is -2.16. The van der Waals surface area contributed by atoms with E-state index in [-0.39, 0.29) is 24.8 Å². The van der Waals surface area contributed by atoms with Crippen molar-refractivity contribution >= 4 is 0 Å². The summed E-state index contributed by atoms with van der Waals surface area (Å²) in [5, 5.41) is 14.3. The summed E-state index contributed by atoms with van der Waals surface area (Å²) in [6.07, 6.45) is -9.82. The van der Waals surface area contributed by atoms with Crippen molar-refractivity contribution in [2.75, 3.05) is 6.61 Å². The zero-order valence-corrected chi connectivity index (χ0v) is 16.8. The molecule has 0 fully saturated rings. The van der Waals surface area contributed by atoms with E-state index in [1.807, 2.05) is 18.2 Å². The van der Waals surface area contributed by atoms with Gasteiger partial charge in [-0.3, -0.25) is 0 Å². The highest BCUT2D eigenvalue weighted by atomic mass is 19.4. The van der Waals surface area contributed by atoms with E-state index in [2.05, 4.69) is 20.8 Å². The van der Waals surface area contributed by atoms with Gasteiger partial charge in [-0.2, -0.15) is 26.3 Å². The Balaban J connectivity index is 1.73. The lowest BCUT2D eigenvalue weighted by atomic mass is 10.0. The number of tetrazole rings is 1. The van der Waals surface area contributed by atoms with Gasteiger partial charge in [-0.1, -0.05) is 30.3 Å². The van der Waals surface area contributed by atoms with Crippen LogP contribution in [-0.2, 0) is 37.3 Å². The second-order valence-corrected chi connectivity index (χ2v) is 6.99. The predicted molar refractivity (Wildman–Crippen MR) is 101 cm³/mol. The molecule has 32 heavy (non-hydrogen) atoms. The smallest absolute Gasteiger partial charge is 0.375 e. The van der Waals surface area contributed by atoms with Gasteiger partial charge in [0.2, 0.25) is 0 Å². The van der Waals surface area contributed by atoms with E-state index >= 15 is 0 Å². The molecule has 12 heteroatoms. The summed E-state index contributed by atoms with van der Waals surface area (Å²) in [4.78, 5) is 0. The van der Waals surface area contributed by atoms with Gasteiger partial charge < -0.3 is 10.1 Å². The summed E-state index contributed by atoms with van der Waals surface area (Å²) in [6.45, 7) is -0.162. The van der Waals surface area contributed by atoms with Crippen LogP contribution >= 0.6 is 0 Å². The number of halogens is 6. The van der Waals surface area contributed by atoms with Crippen LogP contribution in [0.2, 0.25) is 0 Å². The standard InChI is InChI=1S/C20H19F6N5O/c1-31-18(28-29-30-31)10-27-17(14-5-3-2-4-6-14)12-32-11-13-7-15(19(21,22)23)9-16(8-13)20(24,25)26/h2-9,17,27H,10-12H2,1H3/t17-/m1/s1. The first-order chi connectivity index (χ1) is 15.0. The highest BCUT2D eigenvalue weighted by molar-refractivity contribution is 5.33. The van der Waals surface area contributed by atoms with Crippen molar-refractivity contribution in [2.45, 2.75) is 31.5 Å². The van der Waals surface area contributed by atoms with E-state index in [4.69, 9.17) is 4.74 Å². The second-order valence-electron chi connectivity index (χ2n) is 6.99. The van der Waals surface area contributed by atoms with Gasteiger partial charge in [0.05, 0.1) is 36.9 Å². The third-order valence-corrected chi connectivity index (χ3v) is 4.62. The van der Waals surface area contributed by atoms with E-state index < -0.39 is 36.1 Å². The van der Waals surface area contributed by atoms with Crippen molar-refractivity contribution in [1.82, 2.24) is 25.5 Å². The van der Waals surface area contributed by atoms with Crippen LogP contribution in [0.25, 0.3) is 0 Å². The van der Waals surface area contributed by atoms with Crippen molar-refractivity contribution in [2.24, 2.45) is 7.05 Å². The van der Waals surface area contributed by atoms with Crippen molar-refractivity contribution < 1.29 is 31.1 Å². The third-order valence-electron chi connectivity index (χ3n) is 4.62. The average molecular weight is 459 g/mol. The molecule has 172 valence electrons. The van der Waals surface area contributed by atoms with E-state index in [9.17, 15) is 26.3 Å². The molecule has 1 aromatic heterocycles. The Morgan fingerprint density at radius 3 is 2.12 bits per heavy atom. The second kappa shape index (κ2) is 9.65. The van der Waals surface area contributed by atoms with E-state index in [1.165, 1.54) is 4.68 Å². The lowest BCUT2D eigenvalue weighted by Gasteiger charge is -2.20. The van der Waals surface area contributed by atoms with Gasteiger partial charge in [-0.15, -0.1) is 5.10 Å². The fourth-order valence-corrected chi connectivity index (χ4v) is 2.97. The van der Waals surface area contributed by atoms with Gasteiger partial charge in [0.25, 0.3) is 0 Å². The van der Waals surface area contributed by atoms with E-state index in [0.717, 1.165) is 5.56 Å². The topological polar surface area (TPSA) is 64.9 Å². The summed E-state index contributed by atoms with van der Waals surface area (Å²) >= 11 is 0. The Kier molecular flexibility index (Phi) is 7.14. The Morgan fingerprint density at radius 2 is 1.59 bits per heavy atom. The molecule has 6 nitrogen and oxygen atoms in total. The van der Waals surface area contributed by atoms with Gasteiger partial charge in [-0.05, 0) is 39.8 Å². The minimum atomic E-state index is -4.91. The van der Waals surface area contributed by atoms with Gasteiger partial charge in [0.1, 0.15) is 0 Å². The van der Waals surface area contributed by atoms with Crippen LogP contribution in [0.1, 0.15) is 34.1 Å². The molecule has 3 rings (SSSR count). The average Bonchev–Trinajstić information content (AvgIpc) is 3.14. The minimum Gasteiger partial charge on any atom is -0.375 e. The van der Waals surface area contributed by atoms with Crippen LogP contribution < -0.4 is 5.32 Å². The molecule has 0 amide bonds. The molecule has 2 aromatic carbocycles. The maximum Gasteiger partial charge on any atom is 0.416 e. The number of hydrogen-bond acceptors (Lipinski definition) is 5. The molecule has 0 radical (unpaired) electrons. The highest BCUT2D eigenvalue weighted by Gasteiger charge is 2.36. The molecule has 0 saturated heterocycles. The molecular formula is C20H19F6N5O. The van der Waals surface area contributed by atoms with Crippen LogP contribution in [0.4, 0.5) is 26.3 Å². The fourth-order valence-electron chi connectivity index (χ4n) is 2.97. The molecule has 1 atom stereocenters. The van der Waals surface area contributed by atoms with Crippen molar-refractivity contribution in [3.63, 3.8) is 0 Å². The molecule has 0 aliphatic carbocycles. The quantitative estimate of drug-likeness (QED) is 0.509. The van der Waals surface area contributed by atoms with Crippen LogP contribution in [-0.4, -0.2) is 26.8 Å². The minimum absolute atomic E-state index is 0.00705. The number of aromatic nitrogens is 4. The molecule has 0 unspecified atom stereocenters. The number of ether oxygens (including phenoxy) is 1. The number of rotatable bonds is 8. The van der Waals surface area contributed by atoms with Gasteiger partial charge in [0, 0.05) is 7.05 Å². The van der Waals surface area contributed by atoms with Crippen LogP contribution in [0.15, 0.2) is 48.5 Å². The number of alkyl halides is 6. The zero-order valence-electron chi connectivity index (χ0n) is 16.8. The zero-order chi connectivity index (χ0) is 23.4. The Hall–Kier alpha value is -2.99. The Bertz CT molecular complexity index is 987. The molecule has 1 heterocycles. The van der Waals surface area contributed by atoms with Crippen LogP contribution in [0.3, 0.4) is 0 Å². The van der Waals surface area contributed by atoms with Crippen molar-refractivity contribution in [3.05, 3.63) is 76.6 Å². The molecular weight excluding hydrogens is 440 g/mol. The highest BCUT2D eigenvalue weighted by Crippen LogP contribution is 2.36. The predicted octanol–water partition coefficient (Wildman–Crippen LogP) is 4.30. The monoisotopic (exact) mass is 459 g/mol. The SMILES string of the molecule is Cn1nnnc1CN[C@H](COCc1cc(C(F)(F)F)cc(C(F)(F)F)c1)c1ccccc1. The first-order valence-corrected chi connectivity index (χ1v) is 9.39. The summed E-state index contributed by atoms with van der Waals surface area (Å²) < 4.78 is 85.2. The molecule has 0 aliphatic rings. The molecule has 0 aliphatic heterocycles. The largest absolute Gasteiger partial charge is 0.416 e. The van der Waals surface area contributed by atoms with E-state index in [1.54, 1.807) is 19.2 Å². The lowest BCUT2D eigenvalue weighted by molar-refractivity contribution is -0.143. The maximum atomic E-state index is 13.0. The summed E-state index contributed by atoms with van der Waals surface area (Å²) in [6, 6.07) is 10.1. The molecule has 3 aromatic rings. The fraction of sp³-hybridized carbons (Fsp3) is 0.350. The summed E-state index contributed by atoms with van der Waals surface area (Å²) in [7, 11) is 1.66. The van der Waals surface area contributed by atoms with Crippen LogP contribution in [0, 0.1) is 0 Å². The van der Waals surface area contributed by atoms with Gasteiger partial charge in [0.15, 0.2) is 5.82 Å². The Labute approximate surface area is 179 Å². The van der Waals surface area contributed by atoms with Crippen molar-refractivity contribution in [1.29, 1.82) is 0 Å². The van der Waals surface area contributed by atoms with Gasteiger partial charge in [-0.25, -0.2) is 4.68 Å². The number of hydrogen-bond donors (Lipinski definition) is 1. The summed E-state index contributed by atoms with van der Waals surface area (Å²) in [5.74, 6) is 0.540. The number of benzene rings is 2. The van der Waals surface area contributed by atoms with E-state index in [0.29, 0.717) is 18.0 Å². The third kappa shape index (κ3) is 6.26. The Morgan fingerprint density at radius 1 is 0.969 bits per heavy atom. The lowest BCUT2D eigenvalue weighted by Crippen LogP contribution is -2.26. The first kappa shape index (κ1) is 23.7. The molecule has 0 saturated carbocycles. The number of nitrogens with one attached hydrogen (secondary N) is 1. The molecule has 0 spiro atoms. The maximum absolute atomic E-state index is 13.0. The molecule has 0 bridgehead atoms. The normalized spacial score (nSPS) is 13.3. The number of aryl methyl sites for hydroxylation is 1. The molecule has 1 N–H and O–H groups in total. The number of nitrogens with zero attached hydrogens (tertiary/aromatic N) is 4. The van der Waals surface area contributed by atoms with Crippen molar-refractivity contribution in [3.8, 4) is 0 Å². The van der Waals surface area contributed by atoms with Gasteiger partial charge >= 0.3 is 12.4 Å². The first-order valence-electron chi connectivity index (χ1n) is 9.39. The van der Waals surface area contributed by atoms with Crippen LogP contribution in [0.5, 0.6) is 0 Å².